The quantitative estimate of drug-likeness (QED) is 0.755. The number of anilines is 1. The predicted octanol–water partition coefficient (Wildman–Crippen LogP) is 3.71. The molecule has 1 fully saturated rings. The van der Waals surface area contributed by atoms with Gasteiger partial charge in [0, 0.05) is 38.4 Å². The van der Waals surface area contributed by atoms with E-state index in [1.807, 2.05) is 16.3 Å². The minimum atomic E-state index is -4.31. The molecule has 1 N–H and O–H groups in total. The molecule has 0 aliphatic carbocycles. The number of hydrogen-bond donors (Lipinski definition) is 1. The van der Waals surface area contributed by atoms with Crippen LogP contribution in [0.1, 0.15) is 21.7 Å². The summed E-state index contributed by atoms with van der Waals surface area (Å²) in [5.74, 6) is -0.0423. The molecular formula is C19H22F3N3OS. The Labute approximate surface area is 160 Å². The number of hydrogen-bond acceptors (Lipinski definition) is 4. The van der Waals surface area contributed by atoms with Gasteiger partial charge in [0.15, 0.2) is 0 Å². The third-order valence-corrected chi connectivity index (χ3v) is 5.46. The average Bonchev–Trinajstić information content (AvgIpc) is 3.20. The fraction of sp³-hybridized carbons (Fsp3) is 0.421. The molecule has 3 rings (SSSR count). The van der Waals surface area contributed by atoms with E-state index >= 15 is 0 Å². The highest BCUT2D eigenvalue weighted by atomic mass is 32.1. The highest BCUT2D eigenvalue weighted by Gasteiger charge is 2.31. The van der Waals surface area contributed by atoms with Crippen LogP contribution in [0.4, 0.5) is 18.9 Å². The van der Waals surface area contributed by atoms with Crippen LogP contribution in [0.3, 0.4) is 0 Å². The molecule has 0 saturated carbocycles. The van der Waals surface area contributed by atoms with Crippen LogP contribution in [-0.4, -0.2) is 50.1 Å². The van der Waals surface area contributed by atoms with Crippen LogP contribution in [0.15, 0.2) is 41.8 Å². The fourth-order valence-electron chi connectivity index (χ4n) is 3.11. The summed E-state index contributed by atoms with van der Waals surface area (Å²) in [5.41, 5.74) is 0.0107. The first-order valence-electron chi connectivity index (χ1n) is 8.90. The van der Waals surface area contributed by atoms with Crippen LogP contribution in [0.2, 0.25) is 0 Å². The first-order valence-corrected chi connectivity index (χ1v) is 9.78. The molecule has 27 heavy (non-hydrogen) atoms. The van der Waals surface area contributed by atoms with Crippen molar-refractivity contribution in [3.8, 4) is 0 Å². The number of piperazine rings is 1. The van der Waals surface area contributed by atoms with E-state index in [9.17, 15) is 18.0 Å². The minimum Gasteiger partial charge on any atom is -0.369 e. The molecule has 2 aromatic rings. The molecule has 8 heteroatoms. The molecule has 0 bridgehead atoms. The summed E-state index contributed by atoms with van der Waals surface area (Å²) < 4.78 is 38.6. The summed E-state index contributed by atoms with van der Waals surface area (Å²) in [6.07, 6.45) is -3.47. The van der Waals surface area contributed by atoms with Crippen molar-refractivity contribution < 1.29 is 18.0 Å². The number of carbonyl (C=O) groups is 1. The summed E-state index contributed by atoms with van der Waals surface area (Å²) >= 11 is 1.42. The SMILES string of the molecule is O=C(NCCCN1CCN(c2cccc(C(F)(F)F)c2)CC1)c1cccs1. The highest BCUT2D eigenvalue weighted by Crippen LogP contribution is 2.31. The Morgan fingerprint density at radius 1 is 1.11 bits per heavy atom. The molecule has 0 unspecified atom stereocenters. The topological polar surface area (TPSA) is 35.6 Å². The van der Waals surface area contributed by atoms with Crippen molar-refractivity contribution >= 4 is 22.9 Å². The zero-order chi connectivity index (χ0) is 19.3. The first-order chi connectivity index (χ1) is 12.9. The summed E-state index contributed by atoms with van der Waals surface area (Å²) in [6.45, 7) is 4.47. The summed E-state index contributed by atoms with van der Waals surface area (Å²) in [5, 5.41) is 4.78. The van der Waals surface area contributed by atoms with Crippen molar-refractivity contribution in [3.63, 3.8) is 0 Å². The molecule has 1 aliphatic heterocycles. The van der Waals surface area contributed by atoms with Gasteiger partial charge in [-0.25, -0.2) is 0 Å². The monoisotopic (exact) mass is 397 g/mol. The molecule has 1 amide bonds. The van der Waals surface area contributed by atoms with E-state index in [1.54, 1.807) is 12.1 Å². The van der Waals surface area contributed by atoms with E-state index in [2.05, 4.69) is 10.2 Å². The van der Waals surface area contributed by atoms with E-state index < -0.39 is 11.7 Å². The van der Waals surface area contributed by atoms with Gasteiger partial charge in [-0.15, -0.1) is 11.3 Å². The van der Waals surface area contributed by atoms with Gasteiger partial charge in [-0.05, 0) is 42.6 Å². The zero-order valence-electron chi connectivity index (χ0n) is 14.8. The van der Waals surface area contributed by atoms with E-state index in [4.69, 9.17) is 0 Å². The van der Waals surface area contributed by atoms with Crippen LogP contribution in [0.25, 0.3) is 0 Å². The number of thiophene rings is 1. The van der Waals surface area contributed by atoms with Gasteiger partial charge < -0.3 is 10.2 Å². The highest BCUT2D eigenvalue weighted by molar-refractivity contribution is 7.12. The third kappa shape index (κ3) is 5.46. The lowest BCUT2D eigenvalue weighted by Crippen LogP contribution is -2.47. The lowest BCUT2D eigenvalue weighted by Gasteiger charge is -2.36. The lowest BCUT2D eigenvalue weighted by molar-refractivity contribution is -0.137. The van der Waals surface area contributed by atoms with Crippen molar-refractivity contribution in [2.45, 2.75) is 12.6 Å². The Balaban J connectivity index is 1.40. The van der Waals surface area contributed by atoms with Crippen LogP contribution in [0.5, 0.6) is 0 Å². The van der Waals surface area contributed by atoms with Crippen molar-refractivity contribution in [2.75, 3.05) is 44.2 Å². The number of carbonyl (C=O) groups excluding carboxylic acids is 1. The Hall–Kier alpha value is -2.06. The molecule has 0 radical (unpaired) electrons. The lowest BCUT2D eigenvalue weighted by atomic mass is 10.1. The summed E-state index contributed by atoms with van der Waals surface area (Å²) in [6, 6.07) is 9.16. The van der Waals surface area contributed by atoms with Gasteiger partial charge in [0.05, 0.1) is 10.4 Å². The standard InChI is InChI=1S/C19H22F3N3OS/c20-19(21,22)15-4-1-5-16(14-15)25-11-9-24(10-12-25)8-3-7-23-18(26)17-6-2-13-27-17/h1-2,4-6,13-14H,3,7-12H2,(H,23,26). The number of benzene rings is 1. The molecule has 1 aliphatic rings. The van der Waals surface area contributed by atoms with E-state index in [0.717, 1.165) is 32.1 Å². The Morgan fingerprint density at radius 3 is 2.56 bits per heavy atom. The number of halogens is 3. The Kier molecular flexibility index (Phi) is 6.38. The Morgan fingerprint density at radius 2 is 1.89 bits per heavy atom. The third-order valence-electron chi connectivity index (χ3n) is 4.59. The largest absolute Gasteiger partial charge is 0.416 e. The number of nitrogens with zero attached hydrogens (tertiary/aromatic N) is 2. The summed E-state index contributed by atoms with van der Waals surface area (Å²) in [7, 11) is 0. The fourth-order valence-corrected chi connectivity index (χ4v) is 3.75. The second-order valence-corrected chi connectivity index (χ2v) is 7.41. The molecule has 0 spiro atoms. The van der Waals surface area contributed by atoms with Gasteiger partial charge >= 0.3 is 6.18 Å². The van der Waals surface area contributed by atoms with Gasteiger partial charge in [0.1, 0.15) is 0 Å². The number of amides is 1. The van der Waals surface area contributed by atoms with Gasteiger partial charge in [-0.1, -0.05) is 12.1 Å². The molecular weight excluding hydrogens is 375 g/mol. The normalized spacial score (nSPS) is 15.7. The van der Waals surface area contributed by atoms with Crippen LogP contribution in [0, 0.1) is 0 Å². The maximum Gasteiger partial charge on any atom is 0.416 e. The molecule has 1 aromatic carbocycles. The maximum atomic E-state index is 12.9. The van der Waals surface area contributed by atoms with Crippen LogP contribution < -0.4 is 10.2 Å². The zero-order valence-corrected chi connectivity index (χ0v) is 15.7. The van der Waals surface area contributed by atoms with Crippen LogP contribution in [-0.2, 0) is 6.18 Å². The molecule has 1 saturated heterocycles. The van der Waals surface area contributed by atoms with E-state index in [0.29, 0.717) is 30.2 Å². The second-order valence-electron chi connectivity index (χ2n) is 6.46. The van der Waals surface area contributed by atoms with Crippen molar-refractivity contribution in [1.29, 1.82) is 0 Å². The van der Waals surface area contributed by atoms with E-state index in [1.165, 1.54) is 23.5 Å². The van der Waals surface area contributed by atoms with Crippen molar-refractivity contribution in [2.24, 2.45) is 0 Å². The van der Waals surface area contributed by atoms with Crippen LogP contribution >= 0.6 is 11.3 Å². The average molecular weight is 397 g/mol. The number of rotatable bonds is 6. The predicted molar refractivity (Wildman–Crippen MR) is 101 cm³/mol. The number of nitrogens with one attached hydrogen (secondary N) is 1. The summed E-state index contributed by atoms with van der Waals surface area (Å²) in [4.78, 5) is 16.8. The molecule has 0 atom stereocenters. The van der Waals surface area contributed by atoms with Gasteiger partial charge in [-0.2, -0.15) is 13.2 Å². The van der Waals surface area contributed by atoms with Crippen molar-refractivity contribution in [3.05, 3.63) is 52.2 Å². The molecule has 2 heterocycles. The second kappa shape index (κ2) is 8.75. The number of alkyl halides is 3. The van der Waals surface area contributed by atoms with Gasteiger partial charge in [0.25, 0.3) is 5.91 Å². The van der Waals surface area contributed by atoms with Gasteiger partial charge in [0.2, 0.25) is 0 Å². The Bertz CT molecular complexity index is 741. The minimum absolute atomic E-state index is 0.0423. The van der Waals surface area contributed by atoms with Gasteiger partial charge in [-0.3, -0.25) is 9.69 Å². The molecule has 4 nitrogen and oxygen atoms in total. The molecule has 146 valence electrons. The maximum absolute atomic E-state index is 12.9. The molecule has 1 aromatic heterocycles. The smallest absolute Gasteiger partial charge is 0.369 e. The van der Waals surface area contributed by atoms with E-state index in [-0.39, 0.29) is 5.91 Å². The first kappa shape index (κ1) is 19.7. The van der Waals surface area contributed by atoms with Crippen molar-refractivity contribution in [1.82, 2.24) is 10.2 Å².